The maximum atomic E-state index is 11.9. The Morgan fingerprint density at radius 2 is 1.87 bits per heavy atom. The standard InChI is InChI=1S/C35H48O4/c1-33(2,3)39-32(37)28-38-27-20-30-17-8-10-21-34(30,4)22-11-9-18-31(36)19-26-35(24-13-25-35)23-12-16-29-14-6-5-7-15-29/h5-7,9,11,14-15,18,20,22,31,36H,8,10,13,17,19,21,23-28H2,1-4H3/b18-9+,22-11+,30-20+/t31?,34-/m0/s1. The summed E-state index contributed by atoms with van der Waals surface area (Å²) in [5.41, 5.74) is 2.16. The summed E-state index contributed by atoms with van der Waals surface area (Å²) in [4.78, 5) is 11.9. The molecule has 3 rings (SSSR count). The molecular formula is C35H48O4. The van der Waals surface area contributed by atoms with Crippen LogP contribution in [-0.2, 0) is 14.3 Å². The van der Waals surface area contributed by atoms with Gasteiger partial charge in [-0.1, -0.05) is 85.8 Å². The van der Waals surface area contributed by atoms with Crippen LogP contribution in [0.2, 0.25) is 0 Å². The number of carbonyl (C=O) groups is 1. The van der Waals surface area contributed by atoms with Crippen LogP contribution in [-0.4, -0.2) is 36.0 Å². The second kappa shape index (κ2) is 14.7. The smallest absolute Gasteiger partial charge is 0.332 e. The van der Waals surface area contributed by atoms with Gasteiger partial charge in [0.2, 0.25) is 0 Å². The Labute approximate surface area is 236 Å². The van der Waals surface area contributed by atoms with Gasteiger partial charge in [-0.15, -0.1) is 0 Å². The first-order valence-corrected chi connectivity index (χ1v) is 14.7. The molecule has 0 bridgehead atoms. The molecule has 0 amide bonds. The van der Waals surface area contributed by atoms with E-state index in [-0.39, 0.29) is 23.4 Å². The predicted molar refractivity (Wildman–Crippen MR) is 159 cm³/mol. The Morgan fingerprint density at radius 1 is 1.10 bits per heavy atom. The molecule has 0 spiro atoms. The van der Waals surface area contributed by atoms with Crippen molar-refractivity contribution in [1.29, 1.82) is 0 Å². The van der Waals surface area contributed by atoms with Gasteiger partial charge in [0.05, 0.1) is 12.7 Å². The average molecular weight is 533 g/mol. The Balaban J connectivity index is 1.45. The van der Waals surface area contributed by atoms with Crippen LogP contribution < -0.4 is 0 Å². The molecule has 0 aliphatic heterocycles. The van der Waals surface area contributed by atoms with Crippen molar-refractivity contribution in [1.82, 2.24) is 0 Å². The molecule has 1 unspecified atom stereocenters. The van der Waals surface area contributed by atoms with Gasteiger partial charge in [0.25, 0.3) is 0 Å². The van der Waals surface area contributed by atoms with Gasteiger partial charge in [-0.2, -0.15) is 0 Å². The predicted octanol–water partition coefficient (Wildman–Crippen LogP) is 7.72. The number of hydrogen-bond donors (Lipinski definition) is 1. The van der Waals surface area contributed by atoms with Gasteiger partial charge < -0.3 is 14.6 Å². The third-order valence-electron chi connectivity index (χ3n) is 7.98. The zero-order chi connectivity index (χ0) is 28.2. The molecule has 2 atom stereocenters. The second-order valence-corrected chi connectivity index (χ2v) is 12.5. The highest BCUT2D eigenvalue weighted by atomic mass is 16.6. The minimum atomic E-state index is -0.497. The highest BCUT2D eigenvalue weighted by Gasteiger charge is 2.36. The molecular weight excluding hydrogens is 484 g/mol. The molecule has 2 fully saturated rings. The summed E-state index contributed by atoms with van der Waals surface area (Å²) < 4.78 is 10.9. The molecule has 0 heterocycles. The summed E-state index contributed by atoms with van der Waals surface area (Å²) in [5, 5.41) is 10.6. The Hall–Kier alpha value is -2.61. The summed E-state index contributed by atoms with van der Waals surface area (Å²) >= 11 is 0. The molecule has 0 aromatic heterocycles. The molecule has 212 valence electrons. The molecule has 1 aromatic carbocycles. The lowest BCUT2D eigenvalue weighted by Crippen LogP contribution is -2.30. The number of carbonyl (C=O) groups excluding carboxylic acids is 1. The van der Waals surface area contributed by atoms with Crippen LogP contribution in [0.3, 0.4) is 0 Å². The lowest BCUT2D eigenvalue weighted by atomic mass is 9.64. The maximum Gasteiger partial charge on any atom is 0.332 e. The molecule has 0 radical (unpaired) electrons. The van der Waals surface area contributed by atoms with E-state index in [2.05, 4.69) is 49.1 Å². The van der Waals surface area contributed by atoms with Crippen molar-refractivity contribution >= 4 is 5.97 Å². The molecule has 1 N–H and O–H groups in total. The number of allylic oxidation sites excluding steroid dienone is 4. The number of aliphatic hydroxyl groups is 1. The van der Waals surface area contributed by atoms with E-state index in [0.717, 1.165) is 37.7 Å². The molecule has 2 aliphatic rings. The quantitative estimate of drug-likeness (QED) is 0.104. The topological polar surface area (TPSA) is 55.8 Å². The van der Waals surface area contributed by atoms with Crippen LogP contribution in [0.1, 0.15) is 97.5 Å². The minimum absolute atomic E-state index is 0.0315. The van der Waals surface area contributed by atoms with Crippen LogP contribution in [0.25, 0.3) is 0 Å². The van der Waals surface area contributed by atoms with E-state index in [0.29, 0.717) is 6.61 Å². The number of hydrogen-bond acceptors (Lipinski definition) is 4. The normalized spacial score (nSPS) is 22.8. The van der Waals surface area contributed by atoms with E-state index in [4.69, 9.17) is 9.47 Å². The van der Waals surface area contributed by atoms with E-state index in [1.807, 2.05) is 51.1 Å². The first kappa shape index (κ1) is 30.9. The Bertz CT molecular complexity index is 1060. The van der Waals surface area contributed by atoms with Crippen LogP contribution in [0.5, 0.6) is 0 Å². The monoisotopic (exact) mass is 532 g/mol. The number of benzene rings is 1. The fourth-order valence-corrected chi connectivity index (χ4v) is 5.51. The van der Waals surface area contributed by atoms with Crippen molar-refractivity contribution in [2.24, 2.45) is 10.8 Å². The summed E-state index contributed by atoms with van der Waals surface area (Å²) in [6.07, 6.45) is 20.8. The van der Waals surface area contributed by atoms with Crippen LogP contribution >= 0.6 is 0 Å². The van der Waals surface area contributed by atoms with Crippen LogP contribution in [0.15, 0.2) is 66.3 Å². The van der Waals surface area contributed by atoms with Crippen LogP contribution in [0.4, 0.5) is 0 Å². The van der Waals surface area contributed by atoms with Gasteiger partial charge in [-0.05, 0) is 83.3 Å². The fraction of sp³-hybridized carbons (Fsp3) is 0.571. The summed E-state index contributed by atoms with van der Waals surface area (Å²) in [6.45, 7) is 8.21. The van der Waals surface area contributed by atoms with Gasteiger partial charge in [0, 0.05) is 17.4 Å². The van der Waals surface area contributed by atoms with Gasteiger partial charge in [0.15, 0.2) is 0 Å². The van der Waals surface area contributed by atoms with E-state index < -0.39 is 11.7 Å². The van der Waals surface area contributed by atoms with E-state index in [1.165, 1.54) is 37.7 Å². The number of ether oxygens (including phenoxy) is 2. The third kappa shape index (κ3) is 10.8. The third-order valence-corrected chi connectivity index (χ3v) is 7.98. The zero-order valence-electron chi connectivity index (χ0n) is 24.5. The van der Waals surface area contributed by atoms with Crippen molar-refractivity contribution in [2.75, 3.05) is 13.2 Å². The summed E-state index contributed by atoms with van der Waals surface area (Å²) in [7, 11) is 0. The van der Waals surface area contributed by atoms with Gasteiger partial charge in [-0.25, -0.2) is 4.79 Å². The molecule has 4 nitrogen and oxygen atoms in total. The van der Waals surface area contributed by atoms with Crippen molar-refractivity contribution in [2.45, 2.75) is 104 Å². The van der Waals surface area contributed by atoms with E-state index >= 15 is 0 Å². The average Bonchev–Trinajstić information content (AvgIpc) is 2.86. The largest absolute Gasteiger partial charge is 0.458 e. The second-order valence-electron chi connectivity index (χ2n) is 12.5. The molecule has 2 aliphatic carbocycles. The number of esters is 1. The molecule has 0 saturated heterocycles. The number of aliphatic hydroxyl groups excluding tert-OH is 1. The van der Waals surface area contributed by atoms with Gasteiger partial charge in [0.1, 0.15) is 12.2 Å². The first-order valence-electron chi connectivity index (χ1n) is 14.7. The SMILES string of the molecule is CC(C)(C)OC(=O)COC/C=C1\CCCC[C@@]1(C)/C=C/C=C/C(O)CCC1(CC#Cc2ccccc2)CCC1. The lowest BCUT2D eigenvalue weighted by molar-refractivity contribution is -0.159. The van der Waals surface area contributed by atoms with Crippen molar-refractivity contribution in [3.05, 3.63) is 71.8 Å². The van der Waals surface area contributed by atoms with Gasteiger partial charge in [-0.3, -0.25) is 0 Å². The van der Waals surface area contributed by atoms with Crippen molar-refractivity contribution < 1.29 is 19.4 Å². The van der Waals surface area contributed by atoms with Crippen molar-refractivity contribution in [3.63, 3.8) is 0 Å². The maximum absolute atomic E-state index is 11.9. The summed E-state index contributed by atoms with van der Waals surface area (Å²) in [6, 6.07) is 10.2. The molecule has 2 saturated carbocycles. The van der Waals surface area contributed by atoms with Gasteiger partial charge >= 0.3 is 5.97 Å². The highest BCUT2D eigenvalue weighted by molar-refractivity contribution is 5.71. The lowest BCUT2D eigenvalue weighted by Gasteiger charge is -2.41. The minimum Gasteiger partial charge on any atom is -0.458 e. The Kier molecular flexibility index (Phi) is 11.6. The fourth-order valence-electron chi connectivity index (χ4n) is 5.51. The Morgan fingerprint density at radius 3 is 2.56 bits per heavy atom. The summed E-state index contributed by atoms with van der Waals surface area (Å²) in [5.74, 6) is 6.36. The molecule has 1 aromatic rings. The number of rotatable bonds is 11. The zero-order valence-corrected chi connectivity index (χ0v) is 24.5. The van der Waals surface area contributed by atoms with Crippen LogP contribution in [0, 0.1) is 22.7 Å². The highest BCUT2D eigenvalue weighted by Crippen LogP contribution is 2.47. The molecule has 39 heavy (non-hydrogen) atoms. The van der Waals surface area contributed by atoms with E-state index in [9.17, 15) is 9.90 Å². The molecule has 4 heteroatoms. The van der Waals surface area contributed by atoms with Crippen molar-refractivity contribution in [3.8, 4) is 11.8 Å². The van der Waals surface area contributed by atoms with E-state index in [1.54, 1.807) is 0 Å². The first-order chi connectivity index (χ1) is 18.6.